The molecule has 3 fully saturated rings. The molecule has 0 bridgehead atoms. The van der Waals surface area contributed by atoms with Gasteiger partial charge in [-0.05, 0) is 38.5 Å². The summed E-state index contributed by atoms with van der Waals surface area (Å²) < 4.78 is 0.395. The Bertz CT molecular complexity index is 460. The summed E-state index contributed by atoms with van der Waals surface area (Å²) in [5, 5.41) is 12.4. The van der Waals surface area contributed by atoms with Crippen LogP contribution in [-0.4, -0.2) is 46.5 Å². The zero-order valence-electron chi connectivity index (χ0n) is 13.6. The van der Waals surface area contributed by atoms with Gasteiger partial charge in [0.15, 0.2) is 0 Å². The number of nitrogens with zero attached hydrogens (tertiary/aromatic N) is 2. The van der Waals surface area contributed by atoms with Crippen LogP contribution < -0.4 is 5.32 Å². The largest absolute Gasteiger partial charge is 0.337 e. The van der Waals surface area contributed by atoms with Crippen LogP contribution in [0.15, 0.2) is 0 Å². The van der Waals surface area contributed by atoms with Crippen molar-refractivity contribution in [2.24, 2.45) is 5.92 Å². The quantitative estimate of drug-likeness (QED) is 0.864. The van der Waals surface area contributed by atoms with Gasteiger partial charge in [-0.1, -0.05) is 19.3 Å². The lowest BCUT2D eigenvalue weighted by Crippen LogP contribution is -2.54. The van der Waals surface area contributed by atoms with Crippen molar-refractivity contribution in [3.63, 3.8) is 0 Å². The van der Waals surface area contributed by atoms with E-state index >= 15 is 0 Å². The zero-order valence-corrected chi connectivity index (χ0v) is 14.4. The van der Waals surface area contributed by atoms with E-state index in [1.165, 1.54) is 32.1 Å². The molecule has 0 radical (unpaired) electrons. The van der Waals surface area contributed by atoms with Crippen molar-refractivity contribution in [2.75, 3.05) is 25.4 Å². The van der Waals surface area contributed by atoms with Crippen molar-refractivity contribution in [1.29, 1.82) is 5.26 Å². The number of nitriles is 1. The van der Waals surface area contributed by atoms with Crippen LogP contribution in [0.4, 0.5) is 0 Å². The van der Waals surface area contributed by atoms with E-state index in [1.807, 2.05) is 6.92 Å². The number of amides is 1. The molecule has 1 aliphatic heterocycles. The lowest BCUT2D eigenvalue weighted by Gasteiger charge is -2.44. The second-order valence-electron chi connectivity index (χ2n) is 7.44. The number of hydrogen-bond donors (Lipinski definition) is 1. The van der Waals surface area contributed by atoms with E-state index < -0.39 is 5.54 Å². The van der Waals surface area contributed by atoms with Crippen molar-refractivity contribution < 1.29 is 4.79 Å². The summed E-state index contributed by atoms with van der Waals surface area (Å²) in [7, 11) is 0. The van der Waals surface area contributed by atoms with Gasteiger partial charge in [-0.25, -0.2) is 0 Å². The van der Waals surface area contributed by atoms with Crippen molar-refractivity contribution >= 4 is 17.7 Å². The molecule has 2 aliphatic carbocycles. The molecule has 1 saturated heterocycles. The number of rotatable bonds is 4. The van der Waals surface area contributed by atoms with Gasteiger partial charge in [0.25, 0.3) is 0 Å². The van der Waals surface area contributed by atoms with Crippen LogP contribution in [0.1, 0.15) is 51.9 Å². The number of thioether (sulfide) groups is 1. The third-order valence-corrected chi connectivity index (χ3v) is 7.02. The topological polar surface area (TPSA) is 56.1 Å². The SMILES string of the molecule is CC(C#N)(NC(=O)CN1CCSC2(CCCCC2)C1)C1CC1. The molecule has 3 rings (SSSR count). The molecule has 1 heterocycles. The summed E-state index contributed by atoms with van der Waals surface area (Å²) in [5.41, 5.74) is -0.663. The summed E-state index contributed by atoms with van der Waals surface area (Å²) in [6.45, 7) is 4.36. The van der Waals surface area contributed by atoms with Gasteiger partial charge in [-0.15, -0.1) is 0 Å². The minimum absolute atomic E-state index is 0.0220. The minimum Gasteiger partial charge on any atom is -0.337 e. The molecule has 0 aromatic rings. The molecule has 122 valence electrons. The lowest BCUT2D eigenvalue weighted by molar-refractivity contribution is -0.123. The molecule has 3 aliphatic rings. The highest BCUT2D eigenvalue weighted by Crippen LogP contribution is 2.43. The molecule has 2 saturated carbocycles. The summed E-state index contributed by atoms with van der Waals surface area (Å²) in [4.78, 5) is 14.7. The zero-order chi connectivity index (χ0) is 15.6. The van der Waals surface area contributed by atoms with Gasteiger partial charge in [0.1, 0.15) is 5.54 Å². The summed E-state index contributed by atoms with van der Waals surface area (Å²) in [6, 6.07) is 2.31. The summed E-state index contributed by atoms with van der Waals surface area (Å²) in [6.07, 6.45) is 8.76. The molecule has 0 aromatic carbocycles. The Morgan fingerprint density at radius 3 is 2.77 bits per heavy atom. The smallest absolute Gasteiger partial charge is 0.235 e. The molecule has 1 N–H and O–H groups in total. The van der Waals surface area contributed by atoms with Crippen LogP contribution >= 0.6 is 11.8 Å². The van der Waals surface area contributed by atoms with E-state index in [0.29, 0.717) is 17.2 Å². The average molecular weight is 321 g/mol. The third kappa shape index (κ3) is 3.60. The first-order chi connectivity index (χ1) is 10.6. The highest BCUT2D eigenvalue weighted by atomic mass is 32.2. The predicted octanol–water partition coefficient (Wildman–Crippen LogP) is 2.55. The lowest BCUT2D eigenvalue weighted by atomic mass is 9.87. The van der Waals surface area contributed by atoms with Crippen LogP contribution in [0.25, 0.3) is 0 Å². The van der Waals surface area contributed by atoms with Gasteiger partial charge in [0, 0.05) is 23.6 Å². The average Bonchev–Trinajstić information content (AvgIpc) is 3.33. The van der Waals surface area contributed by atoms with E-state index in [4.69, 9.17) is 0 Å². The van der Waals surface area contributed by atoms with E-state index in [-0.39, 0.29) is 5.91 Å². The summed E-state index contributed by atoms with van der Waals surface area (Å²) in [5.74, 6) is 1.50. The number of carbonyl (C=O) groups is 1. The predicted molar refractivity (Wildman–Crippen MR) is 89.6 cm³/mol. The molecular weight excluding hydrogens is 294 g/mol. The Hall–Kier alpha value is -0.730. The van der Waals surface area contributed by atoms with Crippen LogP contribution in [0, 0.1) is 17.2 Å². The Morgan fingerprint density at radius 1 is 1.41 bits per heavy atom. The van der Waals surface area contributed by atoms with Crippen molar-refractivity contribution in [3.8, 4) is 6.07 Å². The van der Waals surface area contributed by atoms with Crippen molar-refractivity contribution in [1.82, 2.24) is 10.2 Å². The van der Waals surface area contributed by atoms with Gasteiger partial charge in [0.05, 0.1) is 12.6 Å². The fourth-order valence-corrected chi connectivity index (χ4v) is 5.60. The van der Waals surface area contributed by atoms with E-state index in [9.17, 15) is 10.1 Å². The second kappa shape index (κ2) is 6.41. The van der Waals surface area contributed by atoms with Gasteiger partial charge in [-0.2, -0.15) is 17.0 Å². The Kier molecular flexibility index (Phi) is 4.70. The first-order valence-electron chi connectivity index (χ1n) is 8.64. The van der Waals surface area contributed by atoms with Crippen molar-refractivity contribution in [2.45, 2.75) is 62.2 Å². The Labute approximate surface area is 138 Å². The maximum Gasteiger partial charge on any atom is 0.235 e. The van der Waals surface area contributed by atoms with Gasteiger partial charge < -0.3 is 5.32 Å². The highest BCUT2D eigenvalue weighted by molar-refractivity contribution is 8.00. The Balaban J connectivity index is 1.54. The monoisotopic (exact) mass is 321 g/mol. The third-order valence-electron chi connectivity index (χ3n) is 5.48. The molecule has 4 nitrogen and oxygen atoms in total. The molecule has 0 aromatic heterocycles. The molecule has 1 amide bonds. The first-order valence-corrected chi connectivity index (χ1v) is 9.62. The molecule has 1 atom stereocenters. The fourth-order valence-electron chi connectivity index (χ4n) is 3.97. The molecule has 22 heavy (non-hydrogen) atoms. The van der Waals surface area contributed by atoms with Crippen molar-refractivity contribution in [3.05, 3.63) is 0 Å². The molecule has 1 spiro atoms. The maximum atomic E-state index is 12.4. The number of hydrogen-bond acceptors (Lipinski definition) is 4. The van der Waals surface area contributed by atoms with E-state index in [0.717, 1.165) is 31.7 Å². The van der Waals surface area contributed by atoms with Crippen LogP contribution in [0.2, 0.25) is 0 Å². The highest BCUT2D eigenvalue weighted by Gasteiger charge is 2.43. The Morgan fingerprint density at radius 2 is 2.14 bits per heavy atom. The van der Waals surface area contributed by atoms with Crippen LogP contribution in [-0.2, 0) is 4.79 Å². The van der Waals surface area contributed by atoms with Crippen LogP contribution in [0.5, 0.6) is 0 Å². The molecule has 1 unspecified atom stereocenters. The number of carbonyl (C=O) groups excluding carboxylic acids is 1. The van der Waals surface area contributed by atoms with Gasteiger partial charge >= 0.3 is 0 Å². The summed E-state index contributed by atoms with van der Waals surface area (Å²) >= 11 is 2.12. The standard InChI is InChI=1S/C17H27N3OS/c1-16(12-18,14-5-6-14)19-15(21)11-20-9-10-22-17(13-20)7-3-2-4-8-17/h14H,2-11,13H2,1H3,(H,19,21). The maximum absolute atomic E-state index is 12.4. The number of nitrogens with one attached hydrogen (secondary N) is 1. The second-order valence-corrected chi connectivity index (χ2v) is 9.00. The van der Waals surface area contributed by atoms with E-state index in [1.54, 1.807) is 0 Å². The minimum atomic E-state index is -0.663. The van der Waals surface area contributed by atoms with Gasteiger partial charge in [0.2, 0.25) is 5.91 Å². The molecule has 5 heteroatoms. The van der Waals surface area contributed by atoms with Crippen LogP contribution in [0.3, 0.4) is 0 Å². The molecular formula is C17H27N3OS. The first kappa shape index (κ1) is 16.1. The van der Waals surface area contributed by atoms with Gasteiger partial charge in [-0.3, -0.25) is 9.69 Å². The normalized spacial score (nSPS) is 27.8. The van der Waals surface area contributed by atoms with E-state index in [2.05, 4.69) is 28.0 Å². The fraction of sp³-hybridized carbons (Fsp3) is 0.882.